The van der Waals surface area contributed by atoms with E-state index in [1.165, 1.54) is 40.5 Å². The van der Waals surface area contributed by atoms with Gasteiger partial charge in [0, 0.05) is 6.20 Å². The van der Waals surface area contributed by atoms with Crippen molar-refractivity contribution in [2.45, 2.75) is 13.5 Å². The van der Waals surface area contributed by atoms with Crippen LogP contribution in [-0.4, -0.2) is 27.1 Å². The van der Waals surface area contributed by atoms with E-state index in [4.69, 9.17) is 4.74 Å². The van der Waals surface area contributed by atoms with Gasteiger partial charge in [-0.15, -0.1) is 0 Å². The molecule has 0 aliphatic rings. The van der Waals surface area contributed by atoms with Gasteiger partial charge >= 0.3 is 5.69 Å². The highest BCUT2D eigenvalue weighted by Crippen LogP contribution is 2.25. The molecule has 0 saturated heterocycles. The summed E-state index contributed by atoms with van der Waals surface area (Å²) in [5, 5.41) is 2.80. The summed E-state index contributed by atoms with van der Waals surface area (Å²) in [6, 6.07) is 14.4. The Morgan fingerprint density at radius 1 is 1.17 bits per heavy atom. The van der Waals surface area contributed by atoms with Crippen molar-refractivity contribution >= 4 is 22.8 Å². The molecule has 0 spiro atoms. The van der Waals surface area contributed by atoms with Crippen LogP contribution in [0.15, 0.2) is 65.6 Å². The highest BCUT2D eigenvalue weighted by Gasteiger charge is 2.18. The van der Waals surface area contributed by atoms with Gasteiger partial charge in [0.15, 0.2) is 5.65 Å². The van der Waals surface area contributed by atoms with Crippen LogP contribution in [0.1, 0.15) is 5.56 Å². The van der Waals surface area contributed by atoms with E-state index in [1.54, 1.807) is 30.5 Å². The molecule has 0 saturated carbocycles. The van der Waals surface area contributed by atoms with Crippen molar-refractivity contribution in [3.63, 3.8) is 0 Å². The Hall–Kier alpha value is -3.94. The first-order valence-electron chi connectivity index (χ1n) is 9.24. The first-order valence-corrected chi connectivity index (χ1v) is 9.24. The number of rotatable bonds is 5. The highest BCUT2D eigenvalue weighted by atomic mass is 19.1. The van der Waals surface area contributed by atoms with Gasteiger partial charge in [-0.2, -0.15) is 0 Å². The summed E-state index contributed by atoms with van der Waals surface area (Å²) >= 11 is 0. The molecular weight excluding hydrogens is 387 g/mol. The van der Waals surface area contributed by atoms with Crippen LogP contribution >= 0.6 is 0 Å². The van der Waals surface area contributed by atoms with Crippen molar-refractivity contribution in [3.8, 4) is 11.4 Å². The minimum atomic E-state index is -0.443. The van der Waals surface area contributed by atoms with Gasteiger partial charge in [0.25, 0.3) is 0 Å². The van der Waals surface area contributed by atoms with Crippen LogP contribution in [0.2, 0.25) is 0 Å². The van der Waals surface area contributed by atoms with Crippen molar-refractivity contribution in [3.05, 3.63) is 82.7 Å². The predicted octanol–water partition coefficient (Wildman–Crippen LogP) is 3.28. The second-order valence-electron chi connectivity index (χ2n) is 6.78. The molecular formula is C22H19FN4O3. The van der Waals surface area contributed by atoms with Crippen molar-refractivity contribution in [2.24, 2.45) is 0 Å². The van der Waals surface area contributed by atoms with Gasteiger partial charge in [-0.3, -0.25) is 9.36 Å². The number of imidazole rings is 1. The van der Waals surface area contributed by atoms with Gasteiger partial charge in [0.05, 0.1) is 24.0 Å². The quantitative estimate of drug-likeness (QED) is 0.552. The van der Waals surface area contributed by atoms with E-state index in [0.717, 1.165) is 5.56 Å². The third kappa shape index (κ3) is 3.55. The fourth-order valence-corrected chi connectivity index (χ4v) is 3.31. The monoisotopic (exact) mass is 406 g/mol. The molecule has 0 fully saturated rings. The van der Waals surface area contributed by atoms with Gasteiger partial charge in [0.1, 0.15) is 18.1 Å². The van der Waals surface area contributed by atoms with Crippen molar-refractivity contribution in [1.29, 1.82) is 0 Å². The SMILES string of the molecule is COc1ccc(C)cc1NC(=O)Cn1c(=O)n(-c2ccc(F)cc2)c2ncccc21. The number of aromatic nitrogens is 3. The molecule has 2 aromatic carbocycles. The maximum Gasteiger partial charge on any atom is 0.335 e. The maximum atomic E-state index is 13.3. The lowest BCUT2D eigenvalue weighted by molar-refractivity contribution is -0.116. The Labute approximate surface area is 171 Å². The molecule has 4 rings (SSSR count). The summed E-state index contributed by atoms with van der Waals surface area (Å²) in [5.74, 6) is -0.269. The summed E-state index contributed by atoms with van der Waals surface area (Å²) in [6.07, 6.45) is 1.56. The zero-order chi connectivity index (χ0) is 21.3. The van der Waals surface area contributed by atoms with Crippen LogP contribution in [0.4, 0.5) is 10.1 Å². The van der Waals surface area contributed by atoms with Crippen LogP contribution in [0.25, 0.3) is 16.9 Å². The number of anilines is 1. The molecule has 1 N–H and O–H groups in total. The standard InChI is InChI=1S/C22H19FN4O3/c1-14-5-10-19(30-2)17(12-14)25-20(28)13-26-18-4-3-11-24-21(18)27(22(26)29)16-8-6-15(23)7-9-16/h3-12H,13H2,1-2H3,(H,25,28). The number of benzene rings is 2. The predicted molar refractivity (Wildman–Crippen MR) is 112 cm³/mol. The Balaban J connectivity index is 1.73. The molecule has 0 unspecified atom stereocenters. The van der Waals surface area contributed by atoms with E-state index < -0.39 is 11.5 Å². The van der Waals surface area contributed by atoms with Gasteiger partial charge < -0.3 is 10.1 Å². The minimum absolute atomic E-state index is 0.216. The topological polar surface area (TPSA) is 78.1 Å². The van der Waals surface area contributed by atoms with Crippen LogP contribution in [-0.2, 0) is 11.3 Å². The lowest BCUT2D eigenvalue weighted by atomic mass is 10.2. The Bertz CT molecular complexity index is 1290. The summed E-state index contributed by atoms with van der Waals surface area (Å²) in [7, 11) is 1.52. The normalized spacial score (nSPS) is 10.9. The number of nitrogens with zero attached hydrogens (tertiary/aromatic N) is 3. The van der Waals surface area contributed by atoms with E-state index >= 15 is 0 Å². The van der Waals surface area contributed by atoms with Gasteiger partial charge in [-0.25, -0.2) is 18.7 Å². The molecule has 8 heteroatoms. The number of amides is 1. The smallest absolute Gasteiger partial charge is 0.335 e. The van der Waals surface area contributed by atoms with Crippen molar-refractivity contribution in [1.82, 2.24) is 14.1 Å². The molecule has 0 bridgehead atoms. The molecule has 2 aromatic heterocycles. The van der Waals surface area contributed by atoms with E-state index in [-0.39, 0.29) is 12.5 Å². The minimum Gasteiger partial charge on any atom is -0.495 e. The number of nitrogens with one attached hydrogen (secondary N) is 1. The number of methoxy groups -OCH3 is 1. The molecule has 4 aromatic rings. The molecule has 0 atom stereocenters. The largest absolute Gasteiger partial charge is 0.495 e. The van der Waals surface area contributed by atoms with E-state index in [9.17, 15) is 14.0 Å². The fraction of sp³-hybridized carbons (Fsp3) is 0.136. The third-order valence-corrected chi connectivity index (χ3v) is 4.71. The van der Waals surface area contributed by atoms with E-state index in [0.29, 0.717) is 28.3 Å². The average molecular weight is 406 g/mol. The number of ether oxygens (including phenoxy) is 1. The highest BCUT2D eigenvalue weighted by molar-refractivity contribution is 5.93. The molecule has 0 radical (unpaired) electrons. The second-order valence-corrected chi connectivity index (χ2v) is 6.78. The number of hydrogen-bond donors (Lipinski definition) is 1. The second kappa shape index (κ2) is 7.82. The van der Waals surface area contributed by atoms with Crippen molar-refractivity contribution in [2.75, 3.05) is 12.4 Å². The lowest BCUT2D eigenvalue weighted by Crippen LogP contribution is -2.29. The molecule has 7 nitrogen and oxygen atoms in total. The number of hydrogen-bond acceptors (Lipinski definition) is 4. The average Bonchev–Trinajstić information content (AvgIpc) is 3.00. The summed E-state index contributed by atoms with van der Waals surface area (Å²) in [5.41, 5.74) is 2.39. The van der Waals surface area contributed by atoms with E-state index in [1.807, 2.05) is 13.0 Å². The maximum absolute atomic E-state index is 13.3. The first-order chi connectivity index (χ1) is 14.5. The zero-order valence-corrected chi connectivity index (χ0v) is 16.4. The number of carbonyl (C=O) groups is 1. The molecule has 1 amide bonds. The summed E-state index contributed by atoms with van der Waals surface area (Å²) in [4.78, 5) is 30.2. The van der Waals surface area contributed by atoms with Crippen LogP contribution in [0, 0.1) is 12.7 Å². The summed E-state index contributed by atoms with van der Waals surface area (Å²) < 4.78 is 21.3. The van der Waals surface area contributed by atoms with E-state index in [2.05, 4.69) is 10.3 Å². The number of fused-ring (bicyclic) bond motifs is 1. The molecule has 152 valence electrons. The number of aryl methyl sites for hydroxylation is 1. The molecule has 0 aliphatic carbocycles. The first kappa shape index (κ1) is 19.4. The number of pyridine rings is 1. The van der Waals surface area contributed by atoms with Crippen LogP contribution in [0.5, 0.6) is 5.75 Å². The van der Waals surface area contributed by atoms with Crippen LogP contribution in [0.3, 0.4) is 0 Å². The van der Waals surface area contributed by atoms with Gasteiger partial charge in [-0.05, 0) is 61.0 Å². The van der Waals surface area contributed by atoms with Gasteiger partial charge in [0.2, 0.25) is 5.91 Å². The fourth-order valence-electron chi connectivity index (χ4n) is 3.31. The lowest BCUT2D eigenvalue weighted by Gasteiger charge is -2.11. The summed E-state index contributed by atoms with van der Waals surface area (Å²) in [6.45, 7) is 1.69. The Kier molecular flexibility index (Phi) is 5.05. The third-order valence-electron chi connectivity index (χ3n) is 4.71. The Morgan fingerprint density at radius 3 is 2.67 bits per heavy atom. The molecule has 30 heavy (non-hydrogen) atoms. The van der Waals surface area contributed by atoms with Crippen molar-refractivity contribution < 1.29 is 13.9 Å². The molecule has 2 heterocycles. The number of halogens is 1. The van der Waals surface area contributed by atoms with Crippen LogP contribution < -0.4 is 15.7 Å². The zero-order valence-electron chi connectivity index (χ0n) is 16.4. The molecule has 0 aliphatic heterocycles. The Morgan fingerprint density at radius 2 is 1.93 bits per heavy atom. The number of carbonyl (C=O) groups excluding carboxylic acids is 1. The van der Waals surface area contributed by atoms with Gasteiger partial charge in [-0.1, -0.05) is 6.07 Å².